The summed E-state index contributed by atoms with van der Waals surface area (Å²) in [7, 11) is 0. The van der Waals surface area contributed by atoms with Gasteiger partial charge in [0, 0.05) is 24.2 Å². The number of carbonyl (C=O) groups excluding carboxylic acids is 2. The lowest BCUT2D eigenvalue weighted by Gasteiger charge is -2.09. The van der Waals surface area contributed by atoms with E-state index in [0.717, 1.165) is 37.1 Å². The Morgan fingerprint density at radius 3 is 0.976 bits per heavy atom. The van der Waals surface area contributed by atoms with Crippen LogP contribution in [0.3, 0.4) is 0 Å². The lowest BCUT2D eigenvalue weighted by Crippen LogP contribution is -2.13. The van der Waals surface area contributed by atoms with Gasteiger partial charge in [-0.15, -0.1) is 0 Å². The SMILES string of the molecule is CCCCCCCCCCCCCCCC(=O)Nc1cccc(NC(=O)CCCCCCCCCCCCCCC)c1. The van der Waals surface area contributed by atoms with E-state index >= 15 is 0 Å². The van der Waals surface area contributed by atoms with Crippen molar-refractivity contribution in [3.05, 3.63) is 24.3 Å². The van der Waals surface area contributed by atoms with Crippen LogP contribution in [0, 0.1) is 0 Å². The third kappa shape index (κ3) is 24.7. The Hall–Kier alpha value is -1.84. The van der Waals surface area contributed by atoms with Gasteiger partial charge in [-0.2, -0.15) is 0 Å². The van der Waals surface area contributed by atoms with E-state index in [9.17, 15) is 9.59 Å². The minimum absolute atomic E-state index is 0.0634. The van der Waals surface area contributed by atoms with Gasteiger partial charge in [-0.25, -0.2) is 0 Å². The zero-order chi connectivity index (χ0) is 30.4. The van der Waals surface area contributed by atoms with E-state index < -0.39 is 0 Å². The van der Waals surface area contributed by atoms with Crippen molar-refractivity contribution >= 4 is 23.2 Å². The van der Waals surface area contributed by atoms with Crippen LogP contribution < -0.4 is 10.6 Å². The minimum atomic E-state index is 0.0634. The molecule has 0 aromatic heterocycles. The maximum absolute atomic E-state index is 12.4. The highest BCUT2D eigenvalue weighted by Gasteiger charge is 2.06. The zero-order valence-corrected chi connectivity index (χ0v) is 27.9. The van der Waals surface area contributed by atoms with Gasteiger partial charge in [0.1, 0.15) is 0 Å². The number of amides is 2. The number of hydrogen-bond acceptors (Lipinski definition) is 2. The highest BCUT2D eigenvalue weighted by molar-refractivity contribution is 5.94. The summed E-state index contributed by atoms with van der Waals surface area (Å²) >= 11 is 0. The fraction of sp³-hybridized carbons (Fsp3) is 0.789. The van der Waals surface area contributed by atoms with Crippen molar-refractivity contribution < 1.29 is 9.59 Å². The Morgan fingerprint density at radius 2 is 0.690 bits per heavy atom. The minimum Gasteiger partial charge on any atom is -0.326 e. The summed E-state index contributed by atoms with van der Waals surface area (Å²) in [6.45, 7) is 4.55. The Kier molecular flexibility index (Phi) is 26.6. The fourth-order valence-corrected chi connectivity index (χ4v) is 5.73. The summed E-state index contributed by atoms with van der Waals surface area (Å²) in [6, 6.07) is 7.54. The molecule has 1 rings (SSSR count). The van der Waals surface area contributed by atoms with E-state index in [0.29, 0.717) is 12.8 Å². The molecule has 0 heterocycles. The lowest BCUT2D eigenvalue weighted by molar-refractivity contribution is -0.117. The van der Waals surface area contributed by atoms with Crippen LogP contribution >= 0.6 is 0 Å². The number of nitrogens with one attached hydrogen (secondary N) is 2. The standard InChI is InChI=1S/C38H68N2O2/c1-3-5-7-9-11-13-15-17-19-21-23-25-27-32-37(41)39-35-30-29-31-36(34-35)40-38(42)33-28-26-24-22-20-18-16-14-12-10-8-6-4-2/h29-31,34H,3-28,32-33H2,1-2H3,(H,39,41)(H,40,42). The van der Waals surface area contributed by atoms with E-state index in [1.54, 1.807) is 0 Å². The van der Waals surface area contributed by atoms with E-state index in [1.165, 1.54) is 141 Å². The molecule has 0 aliphatic heterocycles. The molecule has 0 spiro atoms. The normalized spacial score (nSPS) is 11.1. The Morgan fingerprint density at radius 1 is 0.429 bits per heavy atom. The second-order valence-electron chi connectivity index (χ2n) is 12.7. The van der Waals surface area contributed by atoms with Gasteiger partial charge in [-0.1, -0.05) is 174 Å². The number of hydrogen-bond donors (Lipinski definition) is 2. The van der Waals surface area contributed by atoms with E-state index in [2.05, 4.69) is 24.5 Å². The van der Waals surface area contributed by atoms with Crippen molar-refractivity contribution in [2.45, 2.75) is 194 Å². The van der Waals surface area contributed by atoms with E-state index in [1.807, 2.05) is 24.3 Å². The quantitative estimate of drug-likeness (QED) is 0.0883. The molecule has 1 aromatic rings. The summed E-state index contributed by atoms with van der Waals surface area (Å²) in [4.78, 5) is 24.8. The van der Waals surface area contributed by atoms with Gasteiger partial charge < -0.3 is 10.6 Å². The van der Waals surface area contributed by atoms with E-state index in [-0.39, 0.29) is 11.8 Å². The van der Waals surface area contributed by atoms with Crippen molar-refractivity contribution in [3.63, 3.8) is 0 Å². The number of benzene rings is 1. The van der Waals surface area contributed by atoms with Crippen LogP contribution in [0.15, 0.2) is 24.3 Å². The van der Waals surface area contributed by atoms with Crippen LogP contribution in [0.25, 0.3) is 0 Å². The molecular formula is C38H68N2O2. The Bertz CT molecular complexity index is 704. The number of anilines is 2. The Balaban J connectivity index is 2.00. The first kappa shape index (κ1) is 38.2. The number of carbonyl (C=O) groups is 2. The van der Waals surface area contributed by atoms with Crippen molar-refractivity contribution in [2.75, 3.05) is 10.6 Å². The van der Waals surface area contributed by atoms with Gasteiger partial charge >= 0.3 is 0 Å². The largest absolute Gasteiger partial charge is 0.326 e. The third-order valence-corrected chi connectivity index (χ3v) is 8.44. The van der Waals surface area contributed by atoms with Crippen molar-refractivity contribution in [2.24, 2.45) is 0 Å². The molecule has 242 valence electrons. The average Bonchev–Trinajstić information content (AvgIpc) is 2.98. The molecule has 0 fully saturated rings. The van der Waals surface area contributed by atoms with Gasteiger partial charge in [-0.05, 0) is 31.0 Å². The smallest absolute Gasteiger partial charge is 0.224 e. The van der Waals surface area contributed by atoms with Gasteiger partial charge in [0.15, 0.2) is 0 Å². The first-order chi connectivity index (χ1) is 20.7. The molecule has 0 aliphatic carbocycles. The van der Waals surface area contributed by atoms with Crippen LogP contribution in [-0.2, 0) is 9.59 Å². The first-order valence-electron chi connectivity index (χ1n) is 18.4. The molecule has 4 nitrogen and oxygen atoms in total. The second-order valence-corrected chi connectivity index (χ2v) is 12.7. The lowest BCUT2D eigenvalue weighted by atomic mass is 10.0. The first-order valence-corrected chi connectivity index (χ1v) is 18.4. The zero-order valence-electron chi connectivity index (χ0n) is 27.9. The summed E-state index contributed by atoms with van der Waals surface area (Å²) in [5.41, 5.74) is 1.52. The number of rotatable bonds is 30. The van der Waals surface area contributed by atoms with Crippen LogP contribution in [-0.4, -0.2) is 11.8 Å². The summed E-state index contributed by atoms with van der Waals surface area (Å²) in [5.74, 6) is 0.127. The molecule has 2 amide bonds. The number of unbranched alkanes of at least 4 members (excludes halogenated alkanes) is 24. The topological polar surface area (TPSA) is 58.2 Å². The molecule has 0 saturated heterocycles. The summed E-state index contributed by atoms with van der Waals surface area (Å²) in [5, 5.41) is 6.01. The Labute approximate surface area is 261 Å². The highest BCUT2D eigenvalue weighted by Crippen LogP contribution is 2.18. The predicted molar refractivity (Wildman–Crippen MR) is 184 cm³/mol. The molecule has 0 bridgehead atoms. The van der Waals surface area contributed by atoms with Gasteiger partial charge in [0.25, 0.3) is 0 Å². The fourth-order valence-electron chi connectivity index (χ4n) is 5.73. The van der Waals surface area contributed by atoms with Crippen LogP contribution in [0.1, 0.15) is 194 Å². The average molecular weight is 585 g/mol. The van der Waals surface area contributed by atoms with Crippen LogP contribution in [0.4, 0.5) is 11.4 Å². The molecule has 42 heavy (non-hydrogen) atoms. The van der Waals surface area contributed by atoms with Gasteiger partial charge in [0.2, 0.25) is 11.8 Å². The third-order valence-electron chi connectivity index (χ3n) is 8.44. The van der Waals surface area contributed by atoms with Crippen molar-refractivity contribution in [3.8, 4) is 0 Å². The maximum atomic E-state index is 12.4. The molecule has 0 unspecified atom stereocenters. The molecule has 0 saturated carbocycles. The van der Waals surface area contributed by atoms with Crippen LogP contribution in [0.5, 0.6) is 0 Å². The molecule has 4 heteroatoms. The molecule has 0 radical (unpaired) electrons. The van der Waals surface area contributed by atoms with Gasteiger partial charge in [-0.3, -0.25) is 9.59 Å². The predicted octanol–water partition coefficient (Wildman–Crippen LogP) is 12.5. The summed E-state index contributed by atoms with van der Waals surface area (Å²) in [6.07, 6.45) is 35.1. The highest BCUT2D eigenvalue weighted by atomic mass is 16.2. The van der Waals surface area contributed by atoms with Crippen molar-refractivity contribution in [1.29, 1.82) is 0 Å². The molecule has 0 aliphatic rings. The van der Waals surface area contributed by atoms with Gasteiger partial charge in [0.05, 0.1) is 0 Å². The maximum Gasteiger partial charge on any atom is 0.224 e. The molecule has 0 atom stereocenters. The van der Waals surface area contributed by atoms with Crippen molar-refractivity contribution in [1.82, 2.24) is 0 Å². The molecule has 2 N–H and O–H groups in total. The van der Waals surface area contributed by atoms with E-state index in [4.69, 9.17) is 0 Å². The molecule has 1 aromatic carbocycles. The summed E-state index contributed by atoms with van der Waals surface area (Å²) < 4.78 is 0. The second kappa shape index (κ2) is 29.2. The van der Waals surface area contributed by atoms with Crippen LogP contribution in [0.2, 0.25) is 0 Å². The molecular weight excluding hydrogens is 516 g/mol. The monoisotopic (exact) mass is 585 g/mol.